The molecule has 1 amide bonds. The molecule has 0 atom stereocenters. The van der Waals surface area contributed by atoms with E-state index in [-0.39, 0.29) is 16.7 Å². The van der Waals surface area contributed by atoms with Crippen LogP contribution in [0.3, 0.4) is 0 Å². The van der Waals surface area contributed by atoms with Gasteiger partial charge in [-0.2, -0.15) is 0 Å². The van der Waals surface area contributed by atoms with Crippen molar-refractivity contribution < 1.29 is 19.1 Å². The summed E-state index contributed by atoms with van der Waals surface area (Å²) in [5.41, 5.74) is -0.0568. The molecule has 1 rings (SSSR count). The highest BCUT2D eigenvalue weighted by molar-refractivity contribution is 5.95. The number of rotatable bonds is 3. The van der Waals surface area contributed by atoms with Gasteiger partial charge in [-0.25, -0.2) is 4.79 Å². The largest absolute Gasteiger partial charge is 0.478 e. The summed E-state index contributed by atoms with van der Waals surface area (Å²) in [6.07, 6.45) is 1.05. The van der Waals surface area contributed by atoms with Gasteiger partial charge in [-0.3, -0.25) is 4.79 Å². The van der Waals surface area contributed by atoms with Crippen molar-refractivity contribution in [2.75, 3.05) is 6.54 Å². The average Bonchev–Trinajstić information content (AvgIpc) is 2.61. The van der Waals surface area contributed by atoms with Crippen LogP contribution in [0.5, 0.6) is 0 Å². The summed E-state index contributed by atoms with van der Waals surface area (Å²) in [4.78, 5) is 22.1. The van der Waals surface area contributed by atoms with Crippen molar-refractivity contribution in [2.45, 2.75) is 20.8 Å². The number of amides is 1. The van der Waals surface area contributed by atoms with E-state index in [0.29, 0.717) is 6.54 Å². The van der Waals surface area contributed by atoms with Crippen LogP contribution >= 0.6 is 0 Å². The van der Waals surface area contributed by atoms with Crippen molar-refractivity contribution in [2.24, 2.45) is 5.41 Å². The van der Waals surface area contributed by atoms with Crippen LogP contribution in [0.4, 0.5) is 0 Å². The Bertz CT molecular complexity index is 400. The Hall–Kier alpha value is -1.78. The van der Waals surface area contributed by atoms with E-state index in [4.69, 9.17) is 9.52 Å². The summed E-state index contributed by atoms with van der Waals surface area (Å²) in [6.45, 7) is 6.45. The zero-order valence-electron chi connectivity index (χ0n) is 9.53. The molecule has 5 heteroatoms. The SMILES string of the molecule is CC(C)(C)CNC(=O)c1cc(C(=O)O)co1. The van der Waals surface area contributed by atoms with E-state index in [1.165, 1.54) is 6.07 Å². The van der Waals surface area contributed by atoms with Gasteiger partial charge in [-0.05, 0) is 5.41 Å². The lowest BCUT2D eigenvalue weighted by Crippen LogP contribution is -2.31. The molecule has 2 N–H and O–H groups in total. The Labute approximate surface area is 93.4 Å². The van der Waals surface area contributed by atoms with Gasteiger partial charge >= 0.3 is 5.97 Å². The van der Waals surface area contributed by atoms with Crippen molar-refractivity contribution in [3.8, 4) is 0 Å². The molecule has 0 radical (unpaired) electrons. The molecule has 5 nitrogen and oxygen atoms in total. The first-order chi connectivity index (χ1) is 7.29. The minimum absolute atomic E-state index is 0.0154. The highest BCUT2D eigenvalue weighted by Gasteiger charge is 2.17. The predicted octanol–water partition coefficient (Wildman–Crippen LogP) is 1.75. The molecule has 0 aliphatic heterocycles. The number of carbonyl (C=O) groups is 2. The van der Waals surface area contributed by atoms with Crippen molar-refractivity contribution in [1.29, 1.82) is 0 Å². The molecule has 0 aromatic carbocycles. The van der Waals surface area contributed by atoms with Gasteiger partial charge in [0.15, 0.2) is 5.76 Å². The van der Waals surface area contributed by atoms with E-state index in [1.54, 1.807) is 0 Å². The molecule has 88 valence electrons. The molecular formula is C11H15NO4. The summed E-state index contributed by atoms with van der Waals surface area (Å²) in [6, 6.07) is 1.21. The Morgan fingerprint density at radius 2 is 2.06 bits per heavy atom. The fourth-order valence-corrected chi connectivity index (χ4v) is 1.00. The summed E-state index contributed by atoms with van der Waals surface area (Å²) >= 11 is 0. The summed E-state index contributed by atoms with van der Waals surface area (Å²) in [7, 11) is 0. The first kappa shape index (κ1) is 12.3. The van der Waals surface area contributed by atoms with Crippen LogP contribution < -0.4 is 5.32 Å². The topological polar surface area (TPSA) is 79.5 Å². The van der Waals surface area contributed by atoms with Gasteiger partial charge in [-0.15, -0.1) is 0 Å². The van der Waals surface area contributed by atoms with Crippen molar-refractivity contribution in [3.63, 3.8) is 0 Å². The molecule has 0 saturated heterocycles. The maximum absolute atomic E-state index is 11.5. The third-order valence-electron chi connectivity index (χ3n) is 1.85. The van der Waals surface area contributed by atoms with Gasteiger partial charge in [0.05, 0.1) is 5.56 Å². The first-order valence-corrected chi connectivity index (χ1v) is 4.89. The average molecular weight is 225 g/mol. The van der Waals surface area contributed by atoms with Crippen LogP contribution in [0, 0.1) is 5.41 Å². The van der Waals surface area contributed by atoms with E-state index in [2.05, 4.69) is 5.32 Å². The number of carbonyl (C=O) groups excluding carboxylic acids is 1. The van der Waals surface area contributed by atoms with E-state index < -0.39 is 11.9 Å². The maximum atomic E-state index is 11.5. The Balaban J connectivity index is 2.63. The van der Waals surface area contributed by atoms with E-state index in [0.717, 1.165) is 6.26 Å². The normalized spacial score (nSPS) is 11.2. The van der Waals surface area contributed by atoms with Crippen LogP contribution in [-0.2, 0) is 0 Å². The van der Waals surface area contributed by atoms with Gasteiger partial charge in [0.1, 0.15) is 6.26 Å². The molecule has 1 aromatic rings. The third-order valence-corrected chi connectivity index (χ3v) is 1.85. The smallest absolute Gasteiger partial charge is 0.338 e. The van der Waals surface area contributed by atoms with E-state index in [1.807, 2.05) is 20.8 Å². The molecule has 1 heterocycles. The molecule has 0 aliphatic rings. The molecule has 0 unspecified atom stereocenters. The molecule has 0 spiro atoms. The number of nitrogens with one attached hydrogen (secondary N) is 1. The maximum Gasteiger partial charge on any atom is 0.338 e. The fraction of sp³-hybridized carbons (Fsp3) is 0.455. The van der Waals surface area contributed by atoms with Gasteiger partial charge in [-0.1, -0.05) is 20.8 Å². The summed E-state index contributed by atoms with van der Waals surface area (Å²) in [5.74, 6) is -1.50. The van der Waals surface area contributed by atoms with Crippen LogP contribution in [-0.4, -0.2) is 23.5 Å². The molecule has 0 bridgehead atoms. The molecule has 0 saturated carbocycles. The van der Waals surface area contributed by atoms with Crippen LogP contribution in [0.1, 0.15) is 41.7 Å². The lowest BCUT2D eigenvalue weighted by molar-refractivity contribution is 0.0696. The Morgan fingerprint density at radius 3 is 2.50 bits per heavy atom. The molecular weight excluding hydrogens is 210 g/mol. The number of carboxylic acids is 1. The molecule has 1 aromatic heterocycles. The molecule has 0 fully saturated rings. The monoisotopic (exact) mass is 225 g/mol. The Morgan fingerprint density at radius 1 is 1.44 bits per heavy atom. The lowest BCUT2D eigenvalue weighted by atomic mass is 9.97. The van der Waals surface area contributed by atoms with Crippen molar-refractivity contribution in [3.05, 3.63) is 23.7 Å². The van der Waals surface area contributed by atoms with Gasteiger partial charge in [0, 0.05) is 12.6 Å². The van der Waals surface area contributed by atoms with Crippen molar-refractivity contribution >= 4 is 11.9 Å². The van der Waals surface area contributed by atoms with E-state index in [9.17, 15) is 9.59 Å². The highest BCUT2D eigenvalue weighted by Crippen LogP contribution is 2.12. The lowest BCUT2D eigenvalue weighted by Gasteiger charge is -2.17. The number of furan rings is 1. The summed E-state index contributed by atoms with van der Waals surface area (Å²) < 4.78 is 4.86. The Kier molecular flexibility index (Phi) is 3.37. The first-order valence-electron chi connectivity index (χ1n) is 4.89. The van der Waals surface area contributed by atoms with Crippen LogP contribution in [0.25, 0.3) is 0 Å². The minimum atomic E-state index is -1.11. The second kappa shape index (κ2) is 4.38. The summed E-state index contributed by atoms with van der Waals surface area (Å²) in [5, 5.41) is 11.3. The number of hydrogen-bond donors (Lipinski definition) is 2. The van der Waals surface area contributed by atoms with E-state index >= 15 is 0 Å². The second-order valence-electron chi connectivity index (χ2n) is 4.75. The van der Waals surface area contributed by atoms with Gasteiger partial charge in [0.2, 0.25) is 0 Å². The van der Waals surface area contributed by atoms with Crippen molar-refractivity contribution in [1.82, 2.24) is 5.32 Å². The van der Waals surface area contributed by atoms with Gasteiger partial charge < -0.3 is 14.8 Å². The fourth-order valence-electron chi connectivity index (χ4n) is 1.00. The number of aromatic carboxylic acids is 1. The zero-order valence-corrected chi connectivity index (χ0v) is 9.53. The highest BCUT2D eigenvalue weighted by atomic mass is 16.4. The van der Waals surface area contributed by atoms with Crippen LogP contribution in [0.15, 0.2) is 16.7 Å². The quantitative estimate of drug-likeness (QED) is 0.821. The predicted molar refractivity (Wildman–Crippen MR) is 57.5 cm³/mol. The molecule has 16 heavy (non-hydrogen) atoms. The molecule has 0 aliphatic carbocycles. The minimum Gasteiger partial charge on any atom is -0.478 e. The second-order valence-corrected chi connectivity index (χ2v) is 4.75. The number of hydrogen-bond acceptors (Lipinski definition) is 3. The van der Waals surface area contributed by atoms with Crippen LogP contribution in [0.2, 0.25) is 0 Å². The third kappa shape index (κ3) is 3.42. The number of carboxylic acid groups (broad SMARTS) is 1. The standard InChI is InChI=1S/C11H15NO4/c1-11(2,3)6-12-9(13)8-4-7(5-16-8)10(14)15/h4-5H,6H2,1-3H3,(H,12,13)(H,14,15). The zero-order chi connectivity index (χ0) is 12.3. The van der Waals surface area contributed by atoms with Gasteiger partial charge in [0.25, 0.3) is 5.91 Å².